The van der Waals surface area contributed by atoms with Crippen LogP contribution in [0.4, 0.5) is 5.82 Å². The van der Waals surface area contributed by atoms with E-state index in [0.717, 1.165) is 36.0 Å². The van der Waals surface area contributed by atoms with Crippen molar-refractivity contribution in [2.45, 2.75) is 44.7 Å². The minimum absolute atomic E-state index is 0.395. The maximum absolute atomic E-state index is 5.89. The molecule has 0 aromatic carbocycles. The van der Waals surface area contributed by atoms with Crippen molar-refractivity contribution in [3.63, 3.8) is 0 Å². The first kappa shape index (κ1) is 11.9. The topological polar surface area (TPSA) is 50.9 Å². The van der Waals surface area contributed by atoms with Crippen LogP contribution in [0.2, 0.25) is 0 Å². The number of aromatic nitrogens is 1. The molecule has 1 aromatic heterocycles. The van der Waals surface area contributed by atoms with Gasteiger partial charge in [-0.3, -0.25) is 0 Å². The summed E-state index contributed by atoms with van der Waals surface area (Å²) in [7, 11) is 0. The molecule has 0 atom stereocenters. The van der Waals surface area contributed by atoms with E-state index in [2.05, 4.69) is 33.2 Å². The Morgan fingerprint density at radius 1 is 1.38 bits per heavy atom. The van der Waals surface area contributed by atoms with Crippen molar-refractivity contribution >= 4 is 21.7 Å². The van der Waals surface area contributed by atoms with E-state index in [0.29, 0.717) is 12.1 Å². The van der Waals surface area contributed by atoms with Crippen LogP contribution in [0, 0.1) is 6.92 Å². The van der Waals surface area contributed by atoms with Crippen molar-refractivity contribution < 1.29 is 0 Å². The van der Waals surface area contributed by atoms with Crippen molar-refractivity contribution in [1.82, 2.24) is 4.98 Å². The van der Waals surface area contributed by atoms with E-state index in [1.807, 2.05) is 12.3 Å². The molecular weight excluding hydrogens is 266 g/mol. The maximum Gasteiger partial charge on any atom is 0.140 e. The number of hydrogen-bond donors (Lipinski definition) is 2. The van der Waals surface area contributed by atoms with Crippen LogP contribution in [-0.4, -0.2) is 17.1 Å². The summed E-state index contributed by atoms with van der Waals surface area (Å²) in [4.78, 5) is 4.36. The van der Waals surface area contributed by atoms with Crippen molar-refractivity contribution in [1.29, 1.82) is 0 Å². The van der Waals surface area contributed by atoms with Gasteiger partial charge in [-0.1, -0.05) is 0 Å². The third-order valence-electron chi connectivity index (χ3n) is 3.19. The Morgan fingerprint density at radius 2 is 2.06 bits per heavy atom. The molecule has 1 fully saturated rings. The van der Waals surface area contributed by atoms with Crippen LogP contribution in [-0.2, 0) is 0 Å². The van der Waals surface area contributed by atoms with Gasteiger partial charge in [-0.05, 0) is 60.2 Å². The molecule has 1 aliphatic rings. The van der Waals surface area contributed by atoms with E-state index in [1.165, 1.54) is 5.56 Å². The molecule has 4 heteroatoms. The SMILES string of the molecule is Cc1ccnc(NC2CCC(N)CC2)c1Br. The first-order chi connectivity index (χ1) is 7.66. The Balaban J connectivity index is 2.01. The zero-order valence-electron chi connectivity index (χ0n) is 9.54. The number of nitrogens with zero attached hydrogens (tertiary/aromatic N) is 1. The number of nitrogens with one attached hydrogen (secondary N) is 1. The fourth-order valence-electron chi connectivity index (χ4n) is 2.10. The van der Waals surface area contributed by atoms with Crippen molar-refractivity contribution in [3.05, 3.63) is 22.3 Å². The molecule has 0 radical (unpaired) electrons. The van der Waals surface area contributed by atoms with Crippen LogP contribution in [0.25, 0.3) is 0 Å². The number of pyridine rings is 1. The van der Waals surface area contributed by atoms with Gasteiger partial charge in [0.1, 0.15) is 5.82 Å². The second-order valence-electron chi connectivity index (χ2n) is 4.55. The van der Waals surface area contributed by atoms with Crippen LogP contribution in [0.1, 0.15) is 31.2 Å². The first-order valence-corrected chi connectivity index (χ1v) is 6.59. The second kappa shape index (κ2) is 5.15. The van der Waals surface area contributed by atoms with Gasteiger partial charge in [-0.25, -0.2) is 4.98 Å². The Kier molecular flexibility index (Phi) is 3.82. The number of anilines is 1. The van der Waals surface area contributed by atoms with Crippen molar-refractivity contribution in [2.75, 3.05) is 5.32 Å². The third kappa shape index (κ3) is 2.74. The van der Waals surface area contributed by atoms with Gasteiger partial charge in [0.15, 0.2) is 0 Å². The van der Waals surface area contributed by atoms with Crippen LogP contribution in [0.3, 0.4) is 0 Å². The highest BCUT2D eigenvalue weighted by Gasteiger charge is 2.19. The molecule has 2 rings (SSSR count). The summed E-state index contributed by atoms with van der Waals surface area (Å²) < 4.78 is 1.07. The number of aryl methyl sites for hydroxylation is 1. The summed E-state index contributed by atoms with van der Waals surface area (Å²) in [6.45, 7) is 2.08. The smallest absolute Gasteiger partial charge is 0.140 e. The normalized spacial score (nSPS) is 25.4. The molecule has 1 saturated carbocycles. The fourth-order valence-corrected chi connectivity index (χ4v) is 2.45. The monoisotopic (exact) mass is 283 g/mol. The first-order valence-electron chi connectivity index (χ1n) is 5.80. The molecule has 1 aliphatic carbocycles. The predicted molar refractivity (Wildman–Crippen MR) is 70.5 cm³/mol. The van der Waals surface area contributed by atoms with Gasteiger partial charge >= 0.3 is 0 Å². The van der Waals surface area contributed by atoms with Gasteiger partial charge < -0.3 is 11.1 Å². The highest BCUT2D eigenvalue weighted by atomic mass is 79.9. The molecule has 0 bridgehead atoms. The molecule has 0 aliphatic heterocycles. The molecule has 0 amide bonds. The number of rotatable bonds is 2. The summed E-state index contributed by atoms with van der Waals surface area (Å²) in [5.41, 5.74) is 7.10. The summed E-state index contributed by atoms with van der Waals surface area (Å²) in [5.74, 6) is 0.959. The van der Waals surface area contributed by atoms with E-state index >= 15 is 0 Å². The molecular formula is C12H18BrN3. The molecule has 1 aromatic rings. The molecule has 88 valence electrons. The lowest BCUT2D eigenvalue weighted by Crippen LogP contribution is -2.33. The van der Waals surface area contributed by atoms with Gasteiger partial charge in [0.25, 0.3) is 0 Å². The van der Waals surface area contributed by atoms with Crippen LogP contribution < -0.4 is 11.1 Å². The number of hydrogen-bond acceptors (Lipinski definition) is 3. The summed E-state index contributed by atoms with van der Waals surface area (Å²) in [6, 6.07) is 2.92. The highest BCUT2D eigenvalue weighted by molar-refractivity contribution is 9.10. The Hall–Kier alpha value is -0.610. The Labute approximate surface area is 105 Å². The lowest BCUT2D eigenvalue weighted by Gasteiger charge is -2.27. The maximum atomic E-state index is 5.89. The van der Waals surface area contributed by atoms with Gasteiger partial charge in [0.05, 0.1) is 4.47 Å². The summed E-state index contributed by atoms with van der Waals surface area (Å²) in [5, 5.41) is 3.50. The predicted octanol–water partition coefficient (Wildman–Crippen LogP) is 2.83. The van der Waals surface area contributed by atoms with Gasteiger partial charge in [-0.2, -0.15) is 0 Å². The molecule has 16 heavy (non-hydrogen) atoms. The van der Waals surface area contributed by atoms with E-state index in [4.69, 9.17) is 5.73 Å². The van der Waals surface area contributed by atoms with Crippen molar-refractivity contribution in [3.8, 4) is 0 Å². The zero-order chi connectivity index (χ0) is 11.5. The van der Waals surface area contributed by atoms with Gasteiger partial charge in [0, 0.05) is 18.3 Å². The molecule has 3 N–H and O–H groups in total. The summed E-state index contributed by atoms with van der Waals surface area (Å²) >= 11 is 3.57. The standard InChI is InChI=1S/C12H18BrN3/c1-8-6-7-15-12(11(8)13)16-10-4-2-9(14)3-5-10/h6-7,9-10H,2-5,14H2,1H3,(H,15,16). The fraction of sp³-hybridized carbons (Fsp3) is 0.583. The van der Waals surface area contributed by atoms with Crippen molar-refractivity contribution in [2.24, 2.45) is 5.73 Å². The Bertz CT molecular complexity index is 359. The van der Waals surface area contributed by atoms with E-state index in [1.54, 1.807) is 0 Å². The second-order valence-corrected chi connectivity index (χ2v) is 5.34. The third-order valence-corrected chi connectivity index (χ3v) is 4.20. The van der Waals surface area contributed by atoms with Gasteiger partial charge in [-0.15, -0.1) is 0 Å². The zero-order valence-corrected chi connectivity index (χ0v) is 11.1. The van der Waals surface area contributed by atoms with Crippen LogP contribution in [0.15, 0.2) is 16.7 Å². The highest BCUT2D eigenvalue weighted by Crippen LogP contribution is 2.27. The minimum Gasteiger partial charge on any atom is -0.366 e. The number of nitrogens with two attached hydrogens (primary N) is 1. The van der Waals surface area contributed by atoms with Crippen LogP contribution >= 0.6 is 15.9 Å². The van der Waals surface area contributed by atoms with Crippen LogP contribution in [0.5, 0.6) is 0 Å². The molecule has 3 nitrogen and oxygen atoms in total. The lowest BCUT2D eigenvalue weighted by atomic mass is 9.92. The molecule has 0 spiro atoms. The Morgan fingerprint density at radius 3 is 2.75 bits per heavy atom. The molecule has 0 saturated heterocycles. The number of halogens is 1. The largest absolute Gasteiger partial charge is 0.366 e. The van der Waals surface area contributed by atoms with E-state index in [9.17, 15) is 0 Å². The van der Waals surface area contributed by atoms with Gasteiger partial charge in [0.2, 0.25) is 0 Å². The average molecular weight is 284 g/mol. The molecule has 0 unspecified atom stereocenters. The summed E-state index contributed by atoms with van der Waals surface area (Å²) in [6.07, 6.45) is 6.35. The average Bonchev–Trinajstić information content (AvgIpc) is 2.28. The lowest BCUT2D eigenvalue weighted by molar-refractivity contribution is 0.410. The van der Waals surface area contributed by atoms with E-state index in [-0.39, 0.29) is 0 Å². The molecule has 1 heterocycles. The minimum atomic E-state index is 0.395. The van der Waals surface area contributed by atoms with E-state index < -0.39 is 0 Å². The quantitative estimate of drug-likeness (QED) is 0.878.